The third-order valence-electron chi connectivity index (χ3n) is 5.03. The van der Waals surface area contributed by atoms with Gasteiger partial charge in [0, 0.05) is 23.5 Å². The van der Waals surface area contributed by atoms with Crippen LogP contribution in [-0.4, -0.2) is 56.0 Å². The van der Waals surface area contributed by atoms with Crippen molar-refractivity contribution in [3.8, 4) is 17.0 Å². The van der Waals surface area contributed by atoms with Crippen molar-refractivity contribution in [1.82, 2.24) is 9.97 Å². The number of nitrogens with two attached hydrogens (primary N) is 1. The molecule has 1 aromatic carbocycles. The Morgan fingerprint density at radius 2 is 1.90 bits per heavy atom. The Bertz CT molecular complexity index is 1070. The fraction of sp³-hybridized carbons (Fsp3) is 0.421. The number of benzene rings is 1. The summed E-state index contributed by atoms with van der Waals surface area (Å²) in [5, 5.41) is 10.5. The Balaban J connectivity index is 1.87. The van der Waals surface area contributed by atoms with Crippen LogP contribution in [0.5, 0.6) is 5.75 Å². The van der Waals surface area contributed by atoms with Gasteiger partial charge in [0.05, 0.1) is 46.7 Å². The lowest BCUT2D eigenvalue weighted by molar-refractivity contribution is -0.269. The molecule has 1 amide bonds. The van der Waals surface area contributed by atoms with Gasteiger partial charge in [-0.1, -0.05) is 0 Å². The number of halogens is 3. The summed E-state index contributed by atoms with van der Waals surface area (Å²) in [7, 11) is -1.76. The van der Waals surface area contributed by atoms with Gasteiger partial charge < -0.3 is 15.6 Å². The number of aliphatic hydroxyl groups is 1. The van der Waals surface area contributed by atoms with E-state index in [-0.39, 0.29) is 12.2 Å². The molecule has 12 heteroatoms. The van der Waals surface area contributed by atoms with Gasteiger partial charge in [0.1, 0.15) is 5.75 Å². The van der Waals surface area contributed by atoms with Gasteiger partial charge in [-0.25, -0.2) is 4.21 Å². The molecule has 0 radical (unpaired) electrons. The number of nitrogens with zero attached hydrogens (tertiary/aromatic N) is 3. The van der Waals surface area contributed by atoms with Gasteiger partial charge >= 0.3 is 6.18 Å². The van der Waals surface area contributed by atoms with Gasteiger partial charge in [0.25, 0.3) is 5.91 Å². The van der Waals surface area contributed by atoms with Crippen LogP contribution in [-0.2, 0) is 20.1 Å². The average molecular weight is 458 g/mol. The van der Waals surface area contributed by atoms with E-state index in [0.717, 1.165) is 12.4 Å². The largest absolute Gasteiger partial charge is 0.497 e. The predicted molar refractivity (Wildman–Crippen MR) is 106 cm³/mol. The molecule has 0 spiro atoms. The summed E-state index contributed by atoms with van der Waals surface area (Å²) < 4.78 is 62.5. The second-order valence-corrected chi connectivity index (χ2v) is 9.67. The molecule has 8 nitrogen and oxygen atoms in total. The van der Waals surface area contributed by atoms with Crippen LogP contribution in [0.3, 0.4) is 0 Å². The molecule has 0 saturated heterocycles. The third kappa shape index (κ3) is 4.86. The van der Waals surface area contributed by atoms with Crippen molar-refractivity contribution in [2.45, 2.75) is 30.7 Å². The molecule has 0 saturated carbocycles. The first-order chi connectivity index (χ1) is 14.5. The molecule has 2 aromatic rings. The molecule has 1 aliphatic heterocycles. The second kappa shape index (κ2) is 8.52. The minimum atomic E-state index is -5.12. The summed E-state index contributed by atoms with van der Waals surface area (Å²) in [6.45, 7) is 0. The maximum atomic E-state index is 13.8. The van der Waals surface area contributed by atoms with Gasteiger partial charge in [-0.05, 0) is 30.7 Å². The number of alkyl halides is 3. The van der Waals surface area contributed by atoms with Gasteiger partial charge in [-0.15, -0.1) is 0 Å². The fourth-order valence-electron chi connectivity index (χ4n) is 3.03. The molecule has 31 heavy (non-hydrogen) atoms. The van der Waals surface area contributed by atoms with Crippen molar-refractivity contribution in [2.75, 3.05) is 18.6 Å². The van der Waals surface area contributed by atoms with Crippen molar-refractivity contribution >= 4 is 15.6 Å². The molecule has 1 aliphatic rings. The third-order valence-corrected chi connectivity index (χ3v) is 7.26. The van der Waals surface area contributed by atoms with Crippen molar-refractivity contribution in [1.29, 1.82) is 0 Å². The van der Waals surface area contributed by atoms with Crippen molar-refractivity contribution in [3.63, 3.8) is 0 Å². The summed E-state index contributed by atoms with van der Waals surface area (Å²) in [6, 6.07) is 5.74. The van der Waals surface area contributed by atoms with Gasteiger partial charge in [-0.2, -0.15) is 17.5 Å². The van der Waals surface area contributed by atoms with Crippen LogP contribution in [0.2, 0.25) is 0 Å². The van der Waals surface area contributed by atoms with E-state index >= 15 is 0 Å². The zero-order valence-corrected chi connectivity index (χ0v) is 17.3. The number of ether oxygens (including phenoxy) is 1. The molecular formula is C19H21F3N4O4S. The van der Waals surface area contributed by atoms with Gasteiger partial charge in [-0.3, -0.25) is 14.8 Å². The van der Waals surface area contributed by atoms with Crippen molar-refractivity contribution in [2.24, 2.45) is 10.1 Å². The molecule has 3 atom stereocenters. The highest BCUT2D eigenvalue weighted by molar-refractivity contribution is 7.93. The number of methoxy groups -OCH3 is 1. The monoisotopic (exact) mass is 458 g/mol. The van der Waals surface area contributed by atoms with Gasteiger partial charge in [0.15, 0.2) is 0 Å². The predicted octanol–water partition coefficient (Wildman–Crippen LogP) is 2.02. The molecular weight excluding hydrogens is 437 g/mol. The lowest BCUT2D eigenvalue weighted by atomic mass is 9.96. The summed E-state index contributed by atoms with van der Waals surface area (Å²) >= 11 is 0. The van der Waals surface area contributed by atoms with E-state index in [1.54, 1.807) is 24.3 Å². The van der Waals surface area contributed by atoms with Crippen LogP contribution in [0.1, 0.15) is 18.5 Å². The zero-order valence-electron chi connectivity index (χ0n) is 16.5. The first-order valence-electron chi connectivity index (χ1n) is 9.25. The smallest absolute Gasteiger partial charge is 0.423 e. The minimum absolute atomic E-state index is 0.0575. The molecule has 0 aliphatic carbocycles. The molecule has 0 bridgehead atoms. The van der Waals surface area contributed by atoms with Crippen LogP contribution in [0.4, 0.5) is 13.2 Å². The summed E-state index contributed by atoms with van der Waals surface area (Å²) in [5.41, 5.74) is 2.24. The fourth-order valence-corrected chi connectivity index (χ4v) is 5.12. The number of hydrogen-bond donors (Lipinski definition) is 2. The van der Waals surface area contributed by atoms with Crippen LogP contribution >= 0.6 is 0 Å². The average Bonchev–Trinajstić information content (AvgIpc) is 2.74. The lowest BCUT2D eigenvalue weighted by Crippen LogP contribution is -2.45. The number of rotatable bonds is 6. The zero-order chi connectivity index (χ0) is 22.9. The Labute approximate surface area is 176 Å². The van der Waals surface area contributed by atoms with E-state index in [1.165, 1.54) is 7.11 Å². The molecule has 3 N–H and O–H groups in total. The Morgan fingerprint density at radius 3 is 2.42 bits per heavy atom. The number of amides is 1. The Morgan fingerprint density at radius 1 is 1.23 bits per heavy atom. The highest BCUT2D eigenvalue weighted by atomic mass is 32.2. The molecule has 168 valence electrons. The highest BCUT2D eigenvalue weighted by Gasteiger charge is 2.56. The summed E-state index contributed by atoms with van der Waals surface area (Å²) in [4.78, 5) is 19.4. The van der Waals surface area contributed by atoms with Crippen LogP contribution in [0.25, 0.3) is 11.3 Å². The normalized spacial score (nSPS) is 23.7. The first kappa shape index (κ1) is 23.1. The maximum absolute atomic E-state index is 13.8. The molecule has 3 rings (SSSR count). The number of carbonyl (C=O) groups is 1. The van der Waals surface area contributed by atoms with Gasteiger partial charge in [0.2, 0.25) is 5.60 Å². The maximum Gasteiger partial charge on any atom is 0.423 e. The van der Waals surface area contributed by atoms with Crippen LogP contribution in [0.15, 0.2) is 41.0 Å². The summed E-state index contributed by atoms with van der Waals surface area (Å²) in [6.07, 6.45) is -4.10. The van der Waals surface area contributed by atoms with E-state index in [0.29, 0.717) is 17.0 Å². The standard InChI is InChI=1S/C19H21F3N4O4S/c1-30-13-4-2-12(3-5-13)15-10-25-16(11-24-15)18(28,19(20,21)22)7-9-31(29)8-6-14(23)17(27)26-31/h2-5,10-11,14,28H,6-9,23H2,1H3/t14-,18?,31?/m0/s1. The number of hydrogen-bond acceptors (Lipinski definition) is 7. The first-order valence-corrected chi connectivity index (χ1v) is 11.1. The molecule has 2 unspecified atom stereocenters. The molecule has 2 heterocycles. The molecule has 0 fully saturated rings. The number of aromatic nitrogens is 2. The SMILES string of the molecule is COc1ccc(-c2cnc(C(O)(CCS3(=O)=NC(=O)[C@@H](N)CC3)C(F)(F)F)cn2)cc1. The van der Waals surface area contributed by atoms with Crippen molar-refractivity contribution < 1.29 is 32.0 Å². The van der Waals surface area contributed by atoms with E-state index in [9.17, 15) is 27.3 Å². The van der Waals surface area contributed by atoms with E-state index in [1.807, 2.05) is 0 Å². The molecule has 1 aromatic heterocycles. The minimum Gasteiger partial charge on any atom is -0.497 e. The summed E-state index contributed by atoms with van der Waals surface area (Å²) in [5.74, 6) is -0.962. The number of carbonyl (C=O) groups excluding carboxylic acids is 1. The quantitative estimate of drug-likeness (QED) is 0.678. The van der Waals surface area contributed by atoms with E-state index < -0.39 is 51.3 Å². The van der Waals surface area contributed by atoms with Crippen LogP contribution in [0, 0.1) is 0 Å². The lowest BCUT2D eigenvalue weighted by Gasteiger charge is -2.30. The van der Waals surface area contributed by atoms with Crippen LogP contribution < -0.4 is 10.5 Å². The topological polar surface area (TPSA) is 128 Å². The van der Waals surface area contributed by atoms with E-state index in [2.05, 4.69) is 14.3 Å². The Hall–Kier alpha value is -2.57. The second-order valence-electron chi connectivity index (χ2n) is 7.13. The highest BCUT2D eigenvalue weighted by Crippen LogP contribution is 2.41. The van der Waals surface area contributed by atoms with Crippen molar-refractivity contribution in [3.05, 3.63) is 42.4 Å². The Kier molecular flexibility index (Phi) is 6.35. The van der Waals surface area contributed by atoms with E-state index in [4.69, 9.17) is 10.5 Å².